The van der Waals surface area contributed by atoms with Gasteiger partial charge in [-0.2, -0.15) is 0 Å². The summed E-state index contributed by atoms with van der Waals surface area (Å²) in [6.07, 6.45) is 0. The van der Waals surface area contributed by atoms with Crippen molar-refractivity contribution >= 4 is 11.3 Å². The predicted molar refractivity (Wildman–Crippen MR) is 68.8 cm³/mol. The summed E-state index contributed by atoms with van der Waals surface area (Å²) in [5.41, 5.74) is 8.00. The molecule has 2 rings (SSSR count). The molecule has 16 heavy (non-hydrogen) atoms. The van der Waals surface area contributed by atoms with Crippen molar-refractivity contribution in [2.24, 2.45) is 5.73 Å². The molecule has 2 aromatic rings. The third-order valence-corrected chi connectivity index (χ3v) is 3.29. The summed E-state index contributed by atoms with van der Waals surface area (Å²) in [6.45, 7) is 3.29. The van der Waals surface area contributed by atoms with Crippen molar-refractivity contribution in [3.63, 3.8) is 0 Å². The summed E-state index contributed by atoms with van der Waals surface area (Å²) in [6, 6.07) is 10.3. The molecule has 2 N–H and O–H groups in total. The fourth-order valence-corrected chi connectivity index (χ4v) is 2.34. The van der Waals surface area contributed by atoms with E-state index in [0.717, 1.165) is 5.75 Å². The van der Waals surface area contributed by atoms with Crippen LogP contribution in [0.1, 0.15) is 11.8 Å². The van der Waals surface area contributed by atoms with Gasteiger partial charge in [-0.3, -0.25) is 0 Å². The molecule has 0 unspecified atom stereocenters. The number of benzene rings is 1. The first-order valence-corrected chi connectivity index (χ1v) is 6.22. The maximum Gasteiger partial charge on any atom is 0.119 e. The molecule has 84 valence electrons. The van der Waals surface area contributed by atoms with Crippen molar-refractivity contribution in [1.82, 2.24) is 0 Å². The van der Waals surface area contributed by atoms with Gasteiger partial charge in [0.1, 0.15) is 5.75 Å². The molecule has 0 radical (unpaired) electrons. The lowest BCUT2D eigenvalue weighted by molar-refractivity contribution is 0.340. The zero-order valence-electron chi connectivity index (χ0n) is 9.27. The van der Waals surface area contributed by atoms with E-state index in [0.29, 0.717) is 13.2 Å². The zero-order valence-corrected chi connectivity index (χ0v) is 10.1. The van der Waals surface area contributed by atoms with Crippen LogP contribution >= 0.6 is 11.3 Å². The Morgan fingerprint density at radius 3 is 2.81 bits per heavy atom. The zero-order chi connectivity index (χ0) is 11.4. The standard InChI is InChI=1S/C13H15NOS/c1-2-15-12-5-3-4-10(6-12)11-7-13(8-14)16-9-11/h3-7,9H,2,8,14H2,1H3. The Labute approximate surface area is 99.7 Å². The molecule has 0 aliphatic carbocycles. The molecule has 0 aliphatic heterocycles. The van der Waals surface area contributed by atoms with Gasteiger partial charge in [-0.25, -0.2) is 0 Å². The Morgan fingerprint density at radius 2 is 2.12 bits per heavy atom. The van der Waals surface area contributed by atoms with Crippen LogP contribution in [0.15, 0.2) is 35.7 Å². The molecule has 0 spiro atoms. The van der Waals surface area contributed by atoms with Gasteiger partial charge in [-0.15, -0.1) is 11.3 Å². The number of hydrogen-bond donors (Lipinski definition) is 1. The molecule has 0 saturated carbocycles. The van der Waals surface area contributed by atoms with E-state index in [2.05, 4.69) is 23.6 Å². The maximum atomic E-state index is 5.60. The molecule has 1 heterocycles. The Bertz CT molecular complexity index is 464. The minimum absolute atomic E-state index is 0.607. The van der Waals surface area contributed by atoms with Gasteiger partial charge in [0.15, 0.2) is 0 Å². The predicted octanol–water partition coefficient (Wildman–Crippen LogP) is 3.27. The summed E-state index contributed by atoms with van der Waals surface area (Å²) < 4.78 is 5.48. The van der Waals surface area contributed by atoms with Crippen molar-refractivity contribution in [2.45, 2.75) is 13.5 Å². The summed E-state index contributed by atoms with van der Waals surface area (Å²) in [4.78, 5) is 1.21. The molecule has 1 aromatic heterocycles. The molecule has 0 atom stereocenters. The summed E-state index contributed by atoms with van der Waals surface area (Å²) in [5.74, 6) is 0.917. The lowest BCUT2D eigenvalue weighted by Crippen LogP contribution is -1.92. The Kier molecular flexibility index (Phi) is 3.59. The molecular weight excluding hydrogens is 218 g/mol. The van der Waals surface area contributed by atoms with Crippen LogP contribution in [-0.4, -0.2) is 6.61 Å². The topological polar surface area (TPSA) is 35.2 Å². The highest BCUT2D eigenvalue weighted by molar-refractivity contribution is 7.10. The van der Waals surface area contributed by atoms with Crippen LogP contribution in [-0.2, 0) is 6.54 Å². The van der Waals surface area contributed by atoms with E-state index in [9.17, 15) is 0 Å². The molecule has 0 amide bonds. The molecule has 0 aliphatic rings. The van der Waals surface area contributed by atoms with Crippen LogP contribution in [0, 0.1) is 0 Å². The number of rotatable bonds is 4. The smallest absolute Gasteiger partial charge is 0.119 e. The second-order valence-electron chi connectivity index (χ2n) is 3.47. The molecule has 0 saturated heterocycles. The molecule has 3 heteroatoms. The fraction of sp³-hybridized carbons (Fsp3) is 0.231. The van der Waals surface area contributed by atoms with Gasteiger partial charge in [0, 0.05) is 11.4 Å². The third kappa shape index (κ3) is 2.43. The van der Waals surface area contributed by atoms with Gasteiger partial charge in [0.25, 0.3) is 0 Å². The highest BCUT2D eigenvalue weighted by Gasteiger charge is 2.02. The molecule has 1 aromatic carbocycles. The van der Waals surface area contributed by atoms with E-state index in [-0.39, 0.29) is 0 Å². The van der Waals surface area contributed by atoms with E-state index in [4.69, 9.17) is 10.5 Å². The van der Waals surface area contributed by atoms with Crippen molar-refractivity contribution in [3.05, 3.63) is 40.6 Å². The summed E-state index contributed by atoms with van der Waals surface area (Å²) >= 11 is 1.70. The maximum absolute atomic E-state index is 5.60. The van der Waals surface area contributed by atoms with Crippen molar-refractivity contribution < 1.29 is 4.74 Å². The van der Waals surface area contributed by atoms with Crippen molar-refractivity contribution in [1.29, 1.82) is 0 Å². The monoisotopic (exact) mass is 233 g/mol. The van der Waals surface area contributed by atoms with E-state index in [1.54, 1.807) is 11.3 Å². The number of thiophene rings is 1. The van der Waals surface area contributed by atoms with E-state index in [1.807, 2.05) is 19.1 Å². The lowest BCUT2D eigenvalue weighted by atomic mass is 10.1. The quantitative estimate of drug-likeness (QED) is 0.879. The molecule has 0 fully saturated rings. The average molecular weight is 233 g/mol. The number of ether oxygens (including phenoxy) is 1. The lowest BCUT2D eigenvalue weighted by Gasteiger charge is -2.04. The van der Waals surface area contributed by atoms with Gasteiger partial charge >= 0.3 is 0 Å². The SMILES string of the molecule is CCOc1cccc(-c2csc(CN)c2)c1. The van der Waals surface area contributed by atoms with Gasteiger partial charge in [0.05, 0.1) is 6.61 Å². The average Bonchev–Trinajstić information content (AvgIpc) is 2.78. The van der Waals surface area contributed by atoms with Crippen LogP contribution in [0.5, 0.6) is 5.75 Å². The number of nitrogens with two attached hydrogens (primary N) is 1. The van der Waals surface area contributed by atoms with E-state index < -0.39 is 0 Å². The van der Waals surface area contributed by atoms with Crippen molar-refractivity contribution in [2.75, 3.05) is 6.61 Å². The van der Waals surface area contributed by atoms with Crippen LogP contribution < -0.4 is 10.5 Å². The summed E-state index contributed by atoms with van der Waals surface area (Å²) in [5, 5.41) is 2.13. The van der Waals surface area contributed by atoms with Crippen LogP contribution in [0.3, 0.4) is 0 Å². The Morgan fingerprint density at radius 1 is 1.25 bits per heavy atom. The minimum Gasteiger partial charge on any atom is -0.494 e. The molecule has 0 bridgehead atoms. The van der Waals surface area contributed by atoms with Gasteiger partial charge in [0.2, 0.25) is 0 Å². The first-order valence-electron chi connectivity index (χ1n) is 5.34. The molecule has 2 nitrogen and oxygen atoms in total. The highest BCUT2D eigenvalue weighted by atomic mass is 32.1. The van der Waals surface area contributed by atoms with Gasteiger partial charge in [-0.05, 0) is 41.6 Å². The van der Waals surface area contributed by atoms with Crippen LogP contribution in [0.25, 0.3) is 11.1 Å². The van der Waals surface area contributed by atoms with E-state index in [1.165, 1.54) is 16.0 Å². The second-order valence-corrected chi connectivity index (χ2v) is 4.46. The van der Waals surface area contributed by atoms with Gasteiger partial charge < -0.3 is 10.5 Å². The van der Waals surface area contributed by atoms with Crippen LogP contribution in [0.2, 0.25) is 0 Å². The van der Waals surface area contributed by atoms with E-state index >= 15 is 0 Å². The normalized spacial score (nSPS) is 10.4. The summed E-state index contributed by atoms with van der Waals surface area (Å²) in [7, 11) is 0. The Hall–Kier alpha value is -1.32. The van der Waals surface area contributed by atoms with Crippen molar-refractivity contribution in [3.8, 4) is 16.9 Å². The van der Waals surface area contributed by atoms with Crippen LogP contribution in [0.4, 0.5) is 0 Å². The molecular formula is C13H15NOS. The first kappa shape index (κ1) is 11.2. The largest absolute Gasteiger partial charge is 0.494 e. The van der Waals surface area contributed by atoms with Gasteiger partial charge in [-0.1, -0.05) is 12.1 Å². The number of hydrogen-bond acceptors (Lipinski definition) is 3. The highest BCUT2D eigenvalue weighted by Crippen LogP contribution is 2.28. The fourth-order valence-electron chi connectivity index (χ4n) is 1.57. The first-order chi connectivity index (χ1) is 7.83. The Balaban J connectivity index is 2.28. The second kappa shape index (κ2) is 5.14. The third-order valence-electron chi connectivity index (χ3n) is 2.33. The minimum atomic E-state index is 0.607.